The zero-order chi connectivity index (χ0) is 15.8. The van der Waals surface area contributed by atoms with Gasteiger partial charge in [-0.2, -0.15) is 0 Å². The van der Waals surface area contributed by atoms with E-state index in [2.05, 4.69) is 10.6 Å². The molecular formula is C14H21N3O4. The molecule has 0 fully saturated rings. The number of hydrogen-bond donors (Lipinski definition) is 2. The van der Waals surface area contributed by atoms with E-state index in [-0.39, 0.29) is 17.3 Å². The van der Waals surface area contributed by atoms with Crippen molar-refractivity contribution < 1.29 is 14.5 Å². The third kappa shape index (κ3) is 4.71. The molecule has 1 unspecified atom stereocenters. The van der Waals surface area contributed by atoms with Crippen molar-refractivity contribution in [3.63, 3.8) is 0 Å². The van der Waals surface area contributed by atoms with Crippen LogP contribution in [0, 0.1) is 10.1 Å². The number of hydrogen-bond acceptors (Lipinski definition) is 5. The molecule has 116 valence electrons. The molecule has 0 bridgehead atoms. The molecule has 2 N–H and O–H groups in total. The number of nitro benzene ring substituents is 1. The van der Waals surface area contributed by atoms with E-state index >= 15 is 0 Å². The third-order valence-corrected chi connectivity index (χ3v) is 2.82. The van der Waals surface area contributed by atoms with Gasteiger partial charge in [0.1, 0.15) is 11.3 Å². The van der Waals surface area contributed by atoms with Gasteiger partial charge in [-0.1, -0.05) is 13.0 Å². The Morgan fingerprint density at radius 3 is 2.76 bits per heavy atom. The van der Waals surface area contributed by atoms with Crippen LogP contribution in [0.1, 0.15) is 30.6 Å². The van der Waals surface area contributed by atoms with Crippen LogP contribution >= 0.6 is 0 Å². The van der Waals surface area contributed by atoms with Gasteiger partial charge in [-0.3, -0.25) is 14.9 Å². The Balaban J connectivity index is 3.05. The molecule has 7 heteroatoms. The van der Waals surface area contributed by atoms with Crippen LogP contribution in [0.3, 0.4) is 0 Å². The maximum atomic E-state index is 12.2. The number of carbonyl (C=O) groups excluding carboxylic acids is 1. The molecule has 1 rings (SSSR count). The number of carbonyl (C=O) groups is 1. The first kappa shape index (κ1) is 16.9. The van der Waals surface area contributed by atoms with E-state index in [1.54, 1.807) is 19.1 Å². The van der Waals surface area contributed by atoms with Crippen LogP contribution in [0.15, 0.2) is 18.2 Å². The number of ether oxygens (including phenoxy) is 1. The van der Waals surface area contributed by atoms with Crippen molar-refractivity contribution in [2.45, 2.75) is 26.3 Å². The lowest BCUT2D eigenvalue weighted by Gasteiger charge is -2.14. The predicted molar refractivity (Wildman–Crippen MR) is 80.7 cm³/mol. The molecule has 1 aromatic rings. The molecule has 0 aromatic heterocycles. The molecule has 0 radical (unpaired) electrons. The molecule has 0 aliphatic heterocycles. The van der Waals surface area contributed by atoms with Gasteiger partial charge in [0.25, 0.3) is 5.91 Å². The fourth-order valence-electron chi connectivity index (χ4n) is 1.92. The van der Waals surface area contributed by atoms with Gasteiger partial charge >= 0.3 is 5.69 Å². The predicted octanol–water partition coefficient (Wildman–Crippen LogP) is 2.18. The van der Waals surface area contributed by atoms with Crippen LogP contribution < -0.4 is 10.6 Å². The molecular weight excluding hydrogens is 274 g/mol. The summed E-state index contributed by atoms with van der Waals surface area (Å²) in [6.45, 7) is 4.67. The molecule has 0 aliphatic carbocycles. The Morgan fingerprint density at radius 2 is 2.19 bits per heavy atom. The number of amides is 1. The van der Waals surface area contributed by atoms with Crippen molar-refractivity contribution in [2.24, 2.45) is 0 Å². The number of nitrogens with one attached hydrogen (secondary N) is 2. The van der Waals surface area contributed by atoms with E-state index in [1.807, 2.05) is 6.92 Å². The topological polar surface area (TPSA) is 93.5 Å². The van der Waals surface area contributed by atoms with Gasteiger partial charge in [-0.25, -0.2) is 0 Å². The zero-order valence-corrected chi connectivity index (χ0v) is 12.5. The molecule has 0 spiro atoms. The van der Waals surface area contributed by atoms with Gasteiger partial charge < -0.3 is 15.4 Å². The summed E-state index contributed by atoms with van der Waals surface area (Å²) in [5.41, 5.74) is 0.200. The summed E-state index contributed by atoms with van der Waals surface area (Å²) in [5, 5.41) is 16.9. The van der Waals surface area contributed by atoms with Crippen molar-refractivity contribution >= 4 is 17.3 Å². The molecule has 21 heavy (non-hydrogen) atoms. The summed E-state index contributed by atoms with van der Waals surface area (Å²) < 4.78 is 4.93. The first-order chi connectivity index (χ1) is 10.0. The maximum Gasteiger partial charge on any atom is 0.305 e. The first-order valence-electron chi connectivity index (χ1n) is 6.82. The van der Waals surface area contributed by atoms with Crippen LogP contribution in [0.2, 0.25) is 0 Å². The van der Waals surface area contributed by atoms with E-state index in [0.717, 1.165) is 6.42 Å². The van der Waals surface area contributed by atoms with Gasteiger partial charge in [0.05, 0.1) is 11.5 Å². The fraction of sp³-hybridized carbons (Fsp3) is 0.500. The van der Waals surface area contributed by atoms with Crippen LogP contribution in [0.5, 0.6) is 0 Å². The average molecular weight is 295 g/mol. The summed E-state index contributed by atoms with van der Waals surface area (Å²) in [7, 11) is 1.53. The van der Waals surface area contributed by atoms with Crippen molar-refractivity contribution in [2.75, 3.05) is 25.6 Å². The van der Waals surface area contributed by atoms with E-state index < -0.39 is 10.8 Å². The maximum absolute atomic E-state index is 12.2. The van der Waals surface area contributed by atoms with E-state index in [1.165, 1.54) is 13.2 Å². The highest BCUT2D eigenvalue weighted by Crippen LogP contribution is 2.28. The second-order valence-corrected chi connectivity index (χ2v) is 4.72. The van der Waals surface area contributed by atoms with Gasteiger partial charge in [0.2, 0.25) is 0 Å². The minimum absolute atomic E-state index is 0.0454. The standard InChI is InChI=1S/C14H21N3O4/c1-4-8-15-12-7-5-6-11(13(12)17(19)20)14(18)16-10(2)9-21-3/h5-7,10,15H,4,8-9H2,1-3H3,(H,16,18). The summed E-state index contributed by atoms with van der Waals surface area (Å²) in [6, 6.07) is 4.45. The summed E-state index contributed by atoms with van der Waals surface area (Å²) in [6.07, 6.45) is 0.832. The van der Waals surface area contributed by atoms with Gasteiger partial charge in [-0.05, 0) is 25.5 Å². The minimum atomic E-state index is -0.534. The Kier molecular flexibility index (Phi) is 6.61. The highest BCUT2D eigenvalue weighted by molar-refractivity contribution is 6.00. The second kappa shape index (κ2) is 8.21. The Bertz CT molecular complexity index is 505. The molecule has 1 atom stereocenters. The monoisotopic (exact) mass is 295 g/mol. The largest absolute Gasteiger partial charge is 0.383 e. The molecule has 1 amide bonds. The summed E-state index contributed by atoms with van der Waals surface area (Å²) >= 11 is 0. The number of rotatable bonds is 8. The number of methoxy groups -OCH3 is 1. The van der Waals surface area contributed by atoms with Crippen LogP contribution in [0.4, 0.5) is 11.4 Å². The molecule has 7 nitrogen and oxygen atoms in total. The molecule has 0 saturated heterocycles. The van der Waals surface area contributed by atoms with Crippen molar-refractivity contribution in [1.29, 1.82) is 0 Å². The highest BCUT2D eigenvalue weighted by atomic mass is 16.6. The lowest BCUT2D eigenvalue weighted by molar-refractivity contribution is -0.384. The SMILES string of the molecule is CCCNc1cccc(C(=O)NC(C)COC)c1[N+](=O)[O-]. The Morgan fingerprint density at radius 1 is 1.48 bits per heavy atom. The number of nitrogens with zero attached hydrogens (tertiary/aromatic N) is 1. The van der Waals surface area contributed by atoms with Gasteiger partial charge in [0, 0.05) is 19.7 Å². The molecule has 1 aromatic carbocycles. The highest BCUT2D eigenvalue weighted by Gasteiger charge is 2.25. The zero-order valence-electron chi connectivity index (χ0n) is 12.5. The van der Waals surface area contributed by atoms with Crippen LogP contribution in [-0.2, 0) is 4.74 Å². The fourth-order valence-corrected chi connectivity index (χ4v) is 1.92. The lowest BCUT2D eigenvalue weighted by Crippen LogP contribution is -2.36. The average Bonchev–Trinajstić information content (AvgIpc) is 2.44. The second-order valence-electron chi connectivity index (χ2n) is 4.72. The number of anilines is 1. The van der Waals surface area contributed by atoms with Crippen molar-refractivity contribution in [3.8, 4) is 0 Å². The van der Waals surface area contributed by atoms with Crippen molar-refractivity contribution in [1.82, 2.24) is 5.32 Å². The lowest BCUT2D eigenvalue weighted by atomic mass is 10.1. The molecule has 0 heterocycles. The van der Waals surface area contributed by atoms with Gasteiger partial charge in [0.15, 0.2) is 0 Å². The smallest absolute Gasteiger partial charge is 0.305 e. The van der Waals surface area contributed by atoms with Gasteiger partial charge in [-0.15, -0.1) is 0 Å². The van der Waals surface area contributed by atoms with Crippen molar-refractivity contribution in [3.05, 3.63) is 33.9 Å². The Hall–Kier alpha value is -2.15. The van der Waals surface area contributed by atoms with E-state index in [9.17, 15) is 14.9 Å². The number of benzene rings is 1. The van der Waals surface area contributed by atoms with Crippen LogP contribution in [-0.4, -0.2) is 37.1 Å². The van der Waals surface area contributed by atoms with Crippen LogP contribution in [0.25, 0.3) is 0 Å². The number of para-hydroxylation sites is 1. The summed E-state index contributed by atoms with van der Waals surface area (Å²) in [4.78, 5) is 22.9. The van der Waals surface area contributed by atoms with E-state index in [4.69, 9.17) is 4.74 Å². The molecule has 0 aliphatic rings. The normalized spacial score (nSPS) is 11.8. The third-order valence-electron chi connectivity index (χ3n) is 2.82. The van der Waals surface area contributed by atoms with E-state index in [0.29, 0.717) is 18.8 Å². The minimum Gasteiger partial charge on any atom is -0.383 e. The quantitative estimate of drug-likeness (QED) is 0.566. The Labute approximate surface area is 123 Å². The molecule has 0 saturated carbocycles. The number of nitro groups is 1. The summed E-state index contributed by atoms with van der Waals surface area (Å²) in [5.74, 6) is -0.480. The first-order valence-corrected chi connectivity index (χ1v) is 6.82.